The van der Waals surface area contributed by atoms with Crippen LogP contribution in [0.1, 0.15) is 25.7 Å². The van der Waals surface area contributed by atoms with Crippen LogP contribution in [0.4, 0.5) is 0 Å². The molecule has 3 aromatic heterocycles. The van der Waals surface area contributed by atoms with E-state index in [4.69, 9.17) is 0 Å². The van der Waals surface area contributed by atoms with Crippen LogP contribution in [0.25, 0.3) is 11.4 Å². The summed E-state index contributed by atoms with van der Waals surface area (Å²) in [6, 6.07) is 12.5. The van der Waals surface area contributed by atoms with E-state index in [1.54, 1.807) is 31.4 Å². The monoisotopic (exact) mass is 337 g/mol. The maximum Gasteiger partial charge on any atom is 0.269 e. The summed E-state index contributed by atoms with van der Waals surface area (Å²) in [5.74, 6) is -0.250. The first-order chi connectivity index (χ1) is 11.7. The van der Waals surface area contributed by atoms with Crippen molar-refractivity contribution < 1.29 is 9.59 Å². The summed E-state index contributed by atoms with van der Waals surface area (Å²) in [7, 11) is 1.55. The Morgan fingerprint density at radius 1 is 1.12 bits per heavy atom. The first-order valence-corrected chi connectivity index (χ1v) is 8.27. The fraction of sp³-hybridized carbons (Fsp3) is 0.111. The van der Waals surface area contributed by atoms with Crippen LogP contribution in [0.15, 0.2) is 54.0 Å². The number of hydrogen-bond acceptors (Lipinski definition) is 5. The number of thiophene rings is 1. The maximum atomic E-state index is 12.4. The molecule has 0 saturated carbocycles. The second kappa shape index (κ2) is 7.14. The zero-order valence-corrected chi connectivity index (χ0v) is 13.8. The van der Waals surface area contributed by atoms with Gasteiger partial charge in [0, 0.05) is 19.7 Å². The molecule has 0 aliphatic rings. The lowest BCUT2D eigenvalue weighted by Crippen LogP contribution is -2.20. The third-order valence-electron chi connectivity index (χ3n) is 3.49. The fourth-order valence-electron chi connectivity index (χ4n) is 2.31. The molecule has 0 saturated heterocycles. The Hall–Kier alpha value is -2.86. The Labute approximate surface area is 143 Å². The van der Waals surface area contributed by atoms with E-state index in [2.05, 4.69) is 15.3 Å². The Morgan fingerprint density at radius 3 is 2.67 bits per heavy atom. The smallest absolute Gasteiger partial charge is 0.269 e. The number of rotatable bonds is 5. The molecule has 0 aliphatic carbocycles. The number of carbonyl (C=O) groups excluding carboxylic acids is 2. The number of nitrogens with zero attached hydrogens (tertiary/aromatic N) is 2. The Morgan fingerprint density at radius 2 is 2.00 bits per heavy atom. The molecule has 0 bridgehead atoms. The largest absolute Gasteiger partial charge is 0.354 e. The summed E-state index contributed by atoms with van der Waals surface area (Å²) in [6.45, 7) is 0. The molecule has 1 N–H and O–H groups in total. The van der Waals surface area contributed by atoms with Gasteiger partial charge in [0.15, 0.2) is 5.78 Å². The average Bonchev–Trinajstić information content (AvgIpc) is 3.17. The lowest BCUT2D eigenvalue weighted by molar-refractivity contribution is 0.0957. The van der Waals surface area contributed by atoms with Crippen LogP contribution in [0.5, 0.6) is 0 Å². The zero-order chi connectivity index (χ0) is 16.9. The van der Waals surface area contributed by atoms with Crippen molar-refractivity contribution in [2.75, 3.05) is 7.05 Å². The molecule has 5 nitrogen and oxygen atoms in total. The third kappa shape index (κ3) is 3.38. The fourth-order valence-corrected chi connectivity index (χ4v) is 2.97. The van der Waals surface area contributed by atoms with Crippen molar-refractivity contribution in [1.29, 1.82) is 0 Å². The van der Waals surface area contributed by atoms with Crippen molar-refractivity contribution in [1.82, 2.24) is 15.3 Å². The second-order valence-corrected chi connectivity index (χ2v) is 6.02. The van der Waals surface area contributed by atoms with Crippen molar-refractivity contribution in [2.45, 2.75) is 6.42 Å². The van der Waals surface area contributed by atoms with E-state index in [0.29, 0.717) is 22.0 Å². The predicted octanol–water partition coefficient (Wildman–Crippen LogP) is 2.99. The summed E-state index contributed by atoms with van der Waals surface area (Å²) in [5.41, 5.74) is 2.24. The number of Topliss-reactive ketones (excluding diaryl/α,β-unsaturated/α-hetero) is 1. The summed E-state index contributed by atoms with van der Waals surface area (Å²) in [5, 5.41) is 4.43. The number of ketones is 1. The molecular weight excluding hydrogens is 322 g/mol. The summed E-state index contributed by atoms with van der Waals surface area (Å²) in [4.78, 5) is 33.7. The Bertz CT molecular complexity index is 861. The van der Waals surface area contributed by atoms with Crippen LogP contribution in [-0.2, 0) is 6.42 Å². The van der Waals surface area contributed by atoms with Crippen molar-refractivity contribution in [3.63, 3.8) is 0 Å². The van der Waals surface area contributed by atoms with Crippen molar-refractivity contribution in [3.8, 4) is 11.4 Å². The van der Waals surface area contributed by atoms with Gasteiger partial charge in [-0.3, -0.25) is 14.6 Å². The zero-order valence-electron chi connectivity index (χ0n) is 13.0. The van der Waals surface area contributed by atoms with E-state index < -0.39 is 0 Å². The van der Waals surface area contributed by atoms with Gasteiger partial charge in [0.05, 0.1) is 16.3 Å². The van der Waals surface area contributed by atoms with E-state index in [9.17, 15) is 9.59 Å². The molecule has 0 fully saturated rings. The molecule has 1 amide bonds. The second-order valence-electron chi connectivity index (χ2n) is 5.08. The molecule has 0 spiro atoms. The van der Waals surface area contributed by atoms with Gasteiger partial charge in [0.25, 0.3) is 5.91 Å². The van der Waals surface area contributed by atoms with Crippen LogP contribution in [-0.4, -0.2) is 28.7 Å². The van der Waals surface area contributed by atoms with E-state index in [0.717, 1.165) is 5.56 Å². The highest BCUT2D eigenvalue weighted by Gasteiger charge is 2.16. The lowest BCUT2D eigenvalue weighted by atomic mass is 10.0. The van der Waals surface area contributed by atoms with Gasteiger partial charge in [-0.2, -0.15) is 0 Å². The molecule has 0 radical (unpaired) electrons. The van der Waals surface area contributed by atoms with Crippen LogP contribution >= 0.6 is 11.3 Å². The lowest BCUT2D eigenvalue weighted by Gasteiger charge is -2.09. The minimum absolute atomic E-state index is 0.0247. The summed E-state index contributed by atoms with van der Waals surface area (Å²) >= 11 is 1.41. The van der Waals surface area contributed by atoms with Gasteiger partial charge in [0.1, 0.15) is 5.69 Å². The highest BCUT2D eigenvalue weighted by Crippen LogP contribution is 2.22. The van der Waals surface area contributed by atoms with E-state index in [1.165, 1.54) is 11.3 Å². The molecule has 0 aromatic carbocycles. The molecule has 0 unspecified atom stereocenters. The Balaban J connectivity index is 2.01. The number of nitrogens with one attached hydrogen (secondary N) is 1. The normalized spacial score (nSPS) is 10.4. The quantitative estimate of drug-likeness (QED) is 0.727. The average molecular weight is 337 g/mol. The van der Waals surface area contributed by atoms with Crippen LogP contribution in [0.2, 0.25) is 0 Å². The minimum Gasteiger partial charge on any atom is -0.354 e. The van der Waals surface area contributed by atoms with Gasteiger partial charge in [0.2, 0.25) is 0 Å². The SMILES string of the molecule is CNC(=O)c1ccc(CC(=O)c2cccs2)c(-c2ccccn2)n1. The maximum absolute atomic E-state index is 12.4. The molecule has 6 heteroatoms. The van der Waals surface area contributed by atoms with Crippen LogP contribution < -0.4 is 5.32 Å². The van der Waals surface area contributed by atoms with Crippen LogP contribution in [0.3, 0.4) is 0 Å². The number of pyridine rings is 2. The van der Waals surface area contributed by atoms with Crippen molar-refractivity contribution >= 4 is 23.0 Å². The predicted molar refractivity (Wildman–Crippen MR) is 93.2 cm³/mol. The van der Waals surface area contributed by atoms with Crippen molar-refractivity contribution in [2.24, 2.45) is 0 Å². The van der Waals surface area contributed by atoms with Crippen LogP contribution in [0, 0.1) is 0 Å². The van der Waals surface area contributed by atoms with Gasteiger partial charge in [-0.05, 0) is 35.2 Å². The summed E-state index contributed by atoms with van der Waals surface area (Å²) in [6.07, 6.45) is 1.88. The molecule has 120 valence electrons. The standard InChI is InChI=1S/C18H15N3O2S/c1-19-18(23)14-8-7-12(11-15(22)16-6-4-10-24-16)17(21-14)13-5-2-3-9-20-13/h2-10H,11H2,1H3,(H,19,23). The number of amides is 1. The number of hydrogen-bond donors (Lipinski definition) is 1. The molecule has 0 atom stereocenters. The number of aromatic nitrogens is 2. The third-order valence-corrected chi connectivity index (χ3v) is 4.40. The van der Waals surface area contributed by atoms with Gasteiger partial charge in [-0.1, -0.05) is 18.2 Å². The van der Waals surface area contributed by atoms with E-state index in [1.807, 2.05) is 29.6 Å². The molecule has 3 rings (SSSR count). The van der Waals surface area contributed by atoms with Crippen molar-refractivity contribution in [3.05, 3.63) is 70.2 Å². The van der Waals surface area contributed by atoms with Gasteiger partial charge >= 0.3 is 0 Å². The van der Waals surface area contributed by atoms with E-state index >= 15 is 0 Å². The van der Waals surface area contributed by atoms with E-state index in [-0.39, 0.29) is 18.1 Å². The topological polar surface area (TPSA) is 72.0 Å². The van der Waals surface area contributed by atoms with Gasteiger partial charge in [-0.25, -0.2) is 4.98 Å². The molecule has 24 heavy (non-hydrogen) atoms. The van der Waals surface area contributed by atoms with Gasteiger partial charge in [-0.15, -0.1) is 11.3 Å². The molecule has 3 heterocycles. The number of carbonyl (C=O) groups is 2. The first-order valence-electron chi connectivity index (χ1n) is 7.39. The molecule has 3 aromatic rings. The molecule has 0 aliphatic heterocycles. The highest BCUT2D eigenvalue weighted by molar-refractivity contribution is 7.12. The van der Waals surface area contributed by atoms with Gasteiger partial charge < -0.3 is 5.32 Å². The first kappa shape index (κ1) is 16.0. The molecular formula is C18H15N3O2S. The minimum atomic E-state index is -0.275. The Kier molecular flexibility index (Phi) is 4.77. The summed E-state index contributed by atoms with van der Waals surface area (Å²) < 4.78 is 0. The highest BCUT2D eigenvalue weighted by atomic mass is 32.1.